The number of carbonyl (C=O) groups is 1. The number of β-amino-alcohol motifs (C(OH)–C–C–N with tert-alkyl or cyclic N) is 1. The SMILES string of the molecule is CC(C)C1(O)CN(C(=O)Cn2cc([N+](=O)[O-])cn2)C1. The Bertz CT molecular complexity index is 505. The maximum Gasteiger partial charge on any atom is 0.307 e. The number of rotatable bonds is 4. The highest BCUT2D eigenvalue weighted by Crippen LogP contribution is 2.28. The Morgan fingerprint density at radius 3 is 2.74 bits per heavy atom. The minimum Gasteiger partial charge on any atom is -0.386 e. The molecule has 1 aromatic heterocycles. The normalized spacial score (nSPS) is 17.4. The molecule has 104 valence electrons. The second-order valence-electron chi connectivity index (χ2n) is 5.16. The molecule has 1 saturated heterocycles. The van der Waals surface area contributed by atoms with E-state index in [1.807, 2.05) is 13.8 Å². The molecule has 19 heavy (non-hydrogen) atoms. The molecule has 0 unspecified atom stereocenters. The molecule has 1 aliphatic rings. The van der Waals surface area contributed by atoms with E-state index in [4.69, 9.17) is 0 Å². The molecule has 1 N–H and O–H groups in total. The van der Waals surface area contributed by atoms with E-state index in [1.54, 1.807) is 0 Å². The van der Waals surface area contributed by atoms with Crippen LogP contribution < -0.4 is 0 Å². The van der Waals surface area contributed by atoms with Gasteiger partial charge >= 0.3 is 5.69 Å². The van der Waals surface area contributed by atoms with E-state index in [0.717, 1.165) is 6.20 Å². The second kappa shape index (κ2) is 4.61. The van der Waals surface area contributed by atoms with E-state index < -0.39 is 10.5 Å². The van der Waals surface area contributed by atoms with Crippen LogP contribution in [0.4, 0.5) is 5.69 Å². The molecule has 2 heterocycles. The van der Waals surface area contributed by atoms with Crippen LogP contribution in [0.3, 0.4) is 0 Å². The van der Waals surface area contributed by atoms with Crippen molar-refractivity contribution in [3.05, 3.63) is 22.5 Å². The number of likely N-dealkylation sites (tertiary alicyclic amines) is 1. The molecule has 0 bridgehead atoms. The standard InChI is InChI=1S/C11H16N4O4/c1-8(2)11(17)6-13(7-11)10(16)5-14-4-9(3-12-14)15(18)19/h3-4,8,17H,5-7H2,1-2H3. The smallest absolute Gasteiger partial charge is 0.307 e. The number of hydrogen-bond acceptors (Lipinski definition) is 5. The Balaban J connectivity index is 1.91. The average Bonchev–Trinajstić information content (AvgIpc) is 2.72. The van der Waals surface area contributed by atoms with E-state index in [9.17, 15) is 20.0 Å². The first-order chi connectivity index (χ1) is 8.82. The molecule has 1 amide bonds. The van der Waals surface area contributed by atoms with Crippen molar-refractivity contribution in [3.63, 3.8) is 0 Å². The van der Waals surface area contributed by atoms with Gasteiger partial charge in [0.15, 0.2) is 0 Å². The average molecular weight is 268 g/mol. The van der Waals surface area contributed by atoms with Gasteiger partial charge in [0, 0.05) is 0 Å². The van der Waals surface area contributed by atoms with Gasteiger partial charge in [-0.15, -0.1) is 0 Å². The van der Waals surface area contributed by atoms with Crippen molar-refractivity contribution in [1.29, 1.82) is 0 Å². The summed E-state index contributed by atoms with van der Waals surface area (Å²) in [6.45, 7) is 4.35. The van der Waals surface area contributed by atoms with Crippen LogP contribution in [-0.2, 0) is 11.3 Å². The topological polar surface area (TPSA) is 102 Å². The molecule has 1 aromatic rings. The molecule has 1 aliphatic heterocycles. The van der Waals surface area contributed by atoms with Gasteiger partial charge in [0.05, 0.1) is 18.0 Å². The quantitative estimate of drug-likeness (QED) is 0.612. The maximum atomic E-state index is 11.9. The second-order valence-corrected chi connectivity index (χ2v) is 5.16. The van der Waals surface area contributed by atoms with Crippen molar-refractivity contribution in [3.8, 4) is 0 Å². The Morgan fingerprint density at radius 1 is 1.63 bits per heavy atom. The van der Waals surface area contributed by atoms with Crippen molar-refractivity contribution in [2.24, 2.45) is 5.92 Å². The fourth-order valence-corrected chi connectivity index (χ4v) is 1.93. The minimum absolute atomic E-state index is 0.0536. The van der Waals surface area contributed by atoms with E-state index in [1.165, 1.54) is 15.8 Å². The maximum absolute atomic E-state index is 11.9. The van der Waals surface area contributed by atoms with Crippen LogP contribution in [0.5, 0.6) is 0 Å². The molecular formula is C11H16N4O4. The van der Waals surface area contributed by atoms with Gasteiger partial charge in [0.25, 0.3) is 0 Å². The lowest BCUT2D eigenvalue weighted by atomic mass is 9.83. The van der Waals surface area contributed by atoms with Crippen LogP contribution in [0.25, 0.3) is 0 Å². The number of amides is 1. The third-order valence-electron chi connectivity index (χ3n) is 3.48. The summed E-state index contributed by atoms with van der Waals surface area (Å²) in [4.78, 5) is 23.3. The molecule has 0 spiro atoms. The van der Waals surface area contributed by atoms with Crippen molar-refractivity contribution >= 4 is 11.6 Å². The number of hydrogen-bond donors (Lipinski definition) is 1. The summed E-state index contributed by atoms with van der Waals surface area (Å²) < 4.78 is 1.23. The van der Waals surface area contributed by atoms with E-state index >= 15 is 0 Å². The molecule has 0 aliphatic carbocycles. The van der Waals surface area contributed by atoms with Crippen LogP contribution in [0.1, 0.15) is 13.8 Å². The summed E-state index contributed by atoms with van der Waals surface area (Å²) >= 11 is 0. The first-order valence-electron chi connectivity index (χ1n) is 5.99. The van der Waals surface area contributed by atoms with Gasteiger partial charge in [-0.1, -0.05) is 13.8 Å². The molecule has 0 saturated carbocycles. The monoisotopic (exact) mass is 268 g/mol. The van der Waals surface area contributed by atoms with Crippen molar-refractivity contribution in [1.82, 2.24) is 14.7 Å². The van der Waals surface area contributed by atoms with Gasteiger partial charge < -0.3 is 10.0 Å². The molecular weight excluding hydrogens is 252 g/mol. The largest absolute Gasteiger partial charge is 0.386 e. The van der Waals surface area contributed by atoms with Gasteiger partial charge in [-0.2, -0.15) is 5.10 Å². The molecule has 1 fully saturated rings. The van der Waals surface area contributed by atoms with Crippen molar-refractivity contribution < 1.29 is 14.8 Å². The van der Waals surface area contributed by atoms with Crippen LogP contribution in [0.2, 0.25) is 0 Å². The van der Waals surface area contributed by atoms with E-state index in [2.05, 4.69) is 5.10 Å². The molecule has 8 heteroatoms. The number of aliphatic hydroxyl groups is 1. The lowest BCUT2D eigenvalue weighted by molar-refractivity contribution is -0.385. The van der Waals surface area contributed by atoms with Gasteiger partial charge in [-0.05, 0) is 5.92 Å². The summed E-state index contributed by atoms with van der Waals surface area (Å²) in [6, 6.07) is 0. The zero-order valence-electron chi connectivity index (χ0n) is 10.8. The van der Waals surface area contributed by atoms with Crippen LogP contribution in [-0.4, -0.2) is 49.3 Å². The fraction of sp³-hybridized carbons (Fsp3) is 0.636. The zero-order valence-corrected chi connectivity index (χ0v) is 10.8. The third-order valence-corrected chi connectivity index (χ3v) is 3.48. The molecule has 0 radical (unpaired) electrons. The van der Waals surface area contributed by atoms with Gasteiger partial charge in [0.1, 0.15) is 24.5 Å². The summed E-state index contributed by atoms with van der Waals surface area (Å²) in [5.74, 6) is -0.120. The molecule has 0 atom stereocenters. The first kappa shape index (κ1) is 13.5. The Morgan fingerprint density at radius 2 is 2.26 bits per heavy atom. The van der Waals surface area contributed by atoms with E-state index in [-0.39, 0.29) is 24.1 Å². The Labute approximate surface area is 109 Å². The summed E-state index contributed by atoms with van der Waals surface area (Å²) in [5.41, 5.74) is -0.957. The Kier molecular flexibility index (Phi) is 3.27. The van der Waals surface area contributed by atoms with Crippen molar-refractivity contribution in [2.45, 2.75) is 26.0 Å². The lowest BCUT2D eigenvalue weighted by Crippen LogP contribution is -2.66. The predicted octanol–water partition coefficient (Wildman–Crippen LogP) is 0.0206. The molecule has 8 nitrogen and oxygen atoms in total. The number of nitrogens with zero attached hydrogens (tertiary/aromatic N) is 4. The number of aromatic nitrogens is 2. The highest BCUT2D eigenvalue weighted by molar-refractivity contribution is 5.77. The van der Waals surface area contributed by atoms with Crippen molar-refractivity contribution in [2.75, 3.05) is 13.1 Å². The molecule has 0 aromatic carbocycles. The number of nitro groups is 1. The highest BCUT2D eigenvalue weighted by atomic mass is 16.6. The van der Waals surface area contributed by atoms with Gasteiger partial charge in [-0.3, -0.25) is 19.6 Å². The van der Waals surface area contributed by atoms with Gasteiger partial charge in [-0.25, -0.2) is 0 Å². The summed E-state index contributed by atoms with van der Waals surface area (Å²) in [7, 11) is 0. The summed E-state index contributed by atoms with van der Waals surface area (Å²) in [6.07, 6.45) is 2.32. The van der Waals surface area contributed by atoms with E-state index in [0.29, 0.717) is 13.1 Å². The minimum atomic E-state index is -0.814. The Hall–Kier alpha value is -1.96. The van der Waals surface area contributed by atoms with Crippen LogP contribution in [0, 0.1) is 16.0 Å². The lowest BCUT2D eigenvalue weighted by Gasteiger charge is -2.49. The van der Waals surface area contributed by atoms with Crippen LogP contribution in [0.15, 0.2) is 12.4 Å². The third kappa shape index (κ3) is 2.58. The molecule has 2 rings (SSSR count). The fourth-order valence-electron chi connectivity index (χ4n) is 1.93. The predicted molar refractivity (Wildman–Crippen MR) is 65.2 cm³/mol. The van der Waals surface area contributed by atoms with Crippen LogP contribution >= 0.6 is 0 Å². The summed E-state index contributed by atoms with van der Waals surface area (Å²) in [5, 5.41) is 24.3. The first-order valence-corrected chi connectivity index (χ1v) is 5.99. The van der Waals surface area contributed by atoms with Gasteiger partial charge in [0.2, 0.25) is 5.91 Å². The highest BCUT2D eigenvalue weighted by Gasteiger charge is 2.45. The number of carbonyl (C=O) groups excluding carboxylic acids is 1. The zero-order chi connectivity index (χ0) is 14.2.